The molecule has 3 rings (SSSR count). The molecule has 0 fully saturated rings. The molecule has 0 bridgehead atoms. The van der Waals surface area contributed by atoms with Crippen LogP contribution in [0.3, 0.4) is 0 Å². The monoisotopic (exact) mass is 324 g/mol. The van der Waals surface area contributed by atoms with Crippen LogP contribution in [0.4, 0.5) is 0 Å². The van der Waals surface area contributed by atoms with E-state index in [9.17, 15) is 4.79 Å². The number of carbonyl (C=O) groups excluding carboxylic acids is 1. The van der Waals surface area contributed by atoms with E-state index in [0.29, 0.717) is 16.1 Å². The molecule has 0 saturated heterocycles. The highest BCUT2D eigenvalue weighted by Crippen LogP contribution is 2.32. The van der Waals surface area contributed by atoms with Crippen LogP contribution in [-0.2, 0) is 12.8 Å². The molecule has 0 amide bonds. The third-order valence-electron chi connectivity index (χ3n) is 3.59. The lowest BCUT2D eigenvalue weighted by Gasteiger charge is -2.08. The van der Waals surface area contributed by atoms with Crippen molar-refractivity contribution in [2.45, 2.75) is 19.3 Å². The van der Waals surface area contributed by atoms with Gasteiger partial charge in [0.25, 0.3) is 0 Å². The Balaban J connectivity index is 2.05. The first-order valence-corrected chi connectivity index (χ1v) is 7.50. The summed E-state index contributed by atoms with van der Waals surface area (Å²) < 4.78 is 0. The van der Waals surface area contributed by atoms with E-state index in [0.717, 1.165) is 19.3 Å². The molecule has 0 heterocycles. The summed E-state index contributed by atoms with van der Waals surface area (Å²) in [6.45, 7) is 0. The first kappa shape index (κ1) is 13.9. The van der Waals surface area contributed by atoms with Crippen LogP contribution in [0.25, 0.3) is 0 Å². The first-order valence-electron chi connectivity index (χ1n) is 6.37. The molecule has 20 heavy (non-hydrogen) atoms. The fourth-order valence-electron chi connectivity index (χ4n) is 2.62. The second-order valence-electron chi connectivity index (χ2n) is 4.91. The molecule has 2 aromatic carbocycles. The molecule has 0 radical (unpaired) electrons. The van der Waals surface area contributed by atoms with E-state index < -0.39 is 0 Å². The highest BCUT2D eigenvalue weighted by atomic mass is 35.5. The van der Waals surface area contributed by atoms with Crippen molar-refractivity contribution in [1.82, 2.24) is 0 Å². The predicted molar refractivity (Wildman–Crippen MR) is 83.4 cm³/mol. The zero-order valence-electron chi connectivity index (χ0n) is 10.6. The molecule has 0 atom stereocenters. The average molecular weight is 326 g/mol. The van der Waals surface area contributed by atoms with Gasteiger partial charge in [0.05, 0.1) is 15.6 Å². The van der Waals surface area contributed by atoms with Crippen LogP contribution >= 0.6 is 34.8 Å². The molecule has 1 aliphatic carbocycles. The van der Waals surface area contributed by atoms with Crippen LogP contribution in [0.5, 0.6) is 0 Å². The van der Waals surface area contributed by atoms with Gasteiger partial charge in [0.15, 0.2) is 5.78 Å². The molecule has 2 aromatic rings. The van der Waals surface area contributed by atoms with Crippen molar-refractivity contribution >= 4 is 40.6 Å². The maximum absolute atomic E-state index is 12.6. The largest absolute Gasteiger partial charge is 0.288 e. The van der Waals surface area contributed by atoms with Crippen LogP contribution in [0, 0.1) is 0 Å². The minimum Gasteiger partial charge on any atom is -0.288 e. The van der Waals surface area contributed by atoms with E-state index in [-0.39, 0.29) is 15.8 Å². The SMILES string of the molecule is O=C(c1ccc2c(c1)CCC2)c1c(Cl)cc(Cl)cc1Cl. The molecule has 0 unspecified atom stereocenters. The van der Waals surface area contributed by atoms with Crippen molar-refractivity contribution < 1.29 is 4.79 Å². The number of ketones is 1. The minimum absolute atomic E-state index is 0.161. The normalized spacial score (nSPS) is 13.3. The highest BCUT2D eigenvalue weighted by molar-refractivity contribution is 6.43. The quantitative estimate of drug-likeness (QED) is 0.679. The molecule has 0 spiro atoms. The summed E-state index contributed by atoms with van der Waals surface area (Å²) in [5, 5.41) is 0.992. The molecule has 0 aromatic heterocycles. The zero-order valence-corrected chi connectivity index (χ0v) is 12.8. The van der Waals surface area contributed by atoms with Crippen LogP contribution in [0.2, 0.25) is 15.1 Å². The van der Waals surface area contributed by atoms with Gasteiger partial charge in [-0.3, -0.25) is 4.79 Å². The Morgan fingerprint density at radius 3 is 2.25 bits per heavy atom. The molecule has 102 valence electrons. The minimum atomic E-state index is -0.161. The van der Waals surface area contributed by atoms with Gasteiger partial charge in [-0.05, 0) is 48.6 Å². The number of halogens is 3. The van der Waals surface area contributed by atoms with Crippen molar-refractivity contribution in [2.24, 2.45) is 0 Å². The average Bonchev–Trinajstić information content (AvgIpc) is 2.84. The van der Waals surface area contributed by atoms with Crippen molar-refractivity contribution in [3.63, 3.8) is 0 Å². The first-order chi connectivity index (χ1) is 9.56. The topological polar surface area (TPSA) is 17.1 Å². The molecule has 1 aliphatic rings. The van der Waals surface area contributed by atoms with E-state index in [1.54, 1.807) is 0 Å². The summed E-state index contributed by atoms with van der Waals surface area (Å²) in [5.74, 6) is -0.161. The Labute approximate surface area is 132 Å². The van der Waals surface area contributed by atoms with Gasteiger partial charge in [0.1, 0.15) is 0 Å². The van der Waals surface area contributed by atoms with Crippen molar-refractivity contribution in [3.8, 4) is 0 Å². The third kappa shape index (κ3) is 2.46. The van der Waals surface area contributed by atoms with Gasteiger partial charge in [0, 0.05) is 10.6 Å². The van der Waals surface area contributed by atoms with Crippen LogP contribution in [-0.4, -0.2) is 5.78 Å². The second kappa shape index (κ2) is 5.40. The van der Waals surface area contributed by atoms with E-state index >= 15 is 0 Å². The Bertz CT molecular complexity index is 684. The number of hydrogen-bond donors (Lipinski definition) is 0. The van der Waals surface area contributed by atoms with E-state index in [4.69, 9.17) is 34.8 Å². The van der Waals surface area contributed by atoms with Gasteiger partial charge < -0.3 is 0 Å². The molecule has 0 aliphatic heterocycles. The lowest BCUT2D eigenvalue weighted by atomic mass is 9.99. The highest BCUT2D eigenvalue weighted by Gasteiger charge is 2.20. The van der Waals surface area contributed by atoms with Gasteiger partial charge in [-0.2, -0.15) is 0 Å². The Morgan fingerprint density at radius 2 is 1.55 bits per heavy atom. The summed E-state index contributed by atoms with van der Waals surface area (Å²) >= 11 is 18.1. The van der Waals surface area contributed by atoms with Gasteiger partial charge in [-0.15, -0.1) is 0 Å². The van der Waals surface area contributed by atoms with E-state index in [1.165, 1.54) is 23.3 Å². The molecule has 4 heteroatoms. The summed E-state index contributed by atoms with van der Waals surface area (Å²) in [6.07, 6.45) is 3.26. The predicted octanol–water partition coefficient (Wildman–Crippen LogP) is 5.37. The summed E-state index contributed by atoms with van der Waals surface area (Å²) in [4.78, 5) is 12.6. The van der Waals surface area contributed by atoms with E-state index in [2.05, 4.69) is 0 Å². The second-order valence-corrected chi connectivity index (χ2v) is 6.16. The third-order valence-corrected chi connectivity index (χ3v) is 4.41. The molecule has 0 N–H and O–H groups in total. The van der Waals surface area contributed by atoms with Crippen LogP contribution in [0.15, 0.2) is 30.3 Å². The Hall–Kier alpha value is -1.02. The smallest absolute Gasteiger partial charge is 0.196 e. The lowest BCUT2D eigenvalue weighted by Crippen LogP contribution is -2.04. The maximum Gasteiger partial charge on any atom is 0.196 e. The van der Waals surface area contributed by atoms with Crippen LogP contribution < -0.4 is 0 Å². The summed E-state index contributed by atoms with van der Waals surface area (Å²) in [5.41, 5.74) is 3.51. The standard InChI is InChI=1S/C16H11Cl3O/c17-12-7-13(18)15(14(19)8-12)16(20)11-5-4-9-2-1-3-10(9)6-11/h4-8H,1-3H2. The number of hydrogen-bond acceptors (Lipinski definition) is 1. The number of benzene rings is 2. The molecular formula is C16H11Cl3O. The van der Waals surface area contributed by atoms with E-state index in [1.807, 2.05) is 18.2 Å². The maximum atomic E-state index is 12.6. The van der Waals surface area contributed by atoms with Gasteiger partial charge in [-0.25, -0.2) is 0 Å². The van der Waals surface area contributed by atoms with Crippen molar-refractivity contribution in [2.75, 3.05) is 0 Å². The van der Waals surface area contributed by atoms with Gasteiger partial charge in [0.2, 0.25) is 0 Å². The number of aryl methyl sites for hydroxylation is 2. The van der Waals surface area contributed by atoms with Gasteiger partial charge in [-0.1, -0.05) is 46.9 Å². The fraction of sp³-hybridized carbons (Fsp3) is 0.188. The Kier molecular flexibility index (Phi) is 3.76. The zero-order chi connectivity index (χ0) is 14.3. The number of rotatable bonds is 2. The van der Waals surface area contributed by atoms with Gasteiger partial charge >= 0.3 is 0 Å². The van der Waals surface area contributed by atoms with Crippen molar-refractivity contribution in [3.05, 3.63) is 67.7 Å². The van der Waals surface area contributed by atoms with Crippen LogP contribution in [0.1, 0.15) is 33.5 Å². The summed E-state index contributed by atoms with van der Waals surface area (Å²) in [7, 11) is 0. The fourth-order valence-corrected chi connectivity index (χ4v) is 3.61. The number of carbonyl (C=O) groups is 1. The summed E-state index contributed by atoms with van der Waals surface area (Å²) in [6, 6.07) is 8.89. The Morgan fingerprint density at radius 1 is 0.900 bits per heavy atom. The molecular weight excluding hydrogens is 315 g/mol. The lowest BCUT2D eigenvalue weighted by molar-refractivity contribution is 0.103. The molecule has 1 nitrogen and oxygen atoms in total. The number of fused-ring (bicyclic) bond motifs is 1. The van der Waals surface area contributed by atoms with Crippen molar-refractivity contribution in [1.29, 1.82) is 0 Å². The molecule has 0 saturated carbocycles.